The molecule has 3 N–H and O–H groups in total. The van der Waals surface area contributed by atoms with Gasteiger partial charge in [-0.05, 0) is 135 Å². The van der Waals surface area contributed by atoms with Crippen LogP contribution in [0.4, 0.5) is 26.0 Å². The summed E-state index contributed by atoms with van der Waals surface area (Å²) in [7, 11) is -1.95. The maximum atomic E-state index is 15.0. The summed E-state index contributed by atoms with van der Waals surface area (Å²) in [4.78, 5) is 30.1. The van der Waals surface area contributed by atoms with Crippen LogP contribution in [0.25, 0.3) is 5.83 Å². The lowest BCUT2D eigenvalue weighted by Crippen LogP contribution is -2.65. The van der Waals surface area contributed by atoms with Gasteiger partial charge in [-0.3, -0.25) is 14.6 Å². The van der Waals surface area contributed by atoms with E-state index >= 15 is 0 Å². The second-order valence-electron chi connectivity index (χ2n) is 22.3. The second-order valence-corrected chi connectivity index (χ2v) is 24.0. The molecule has 2 unspecified atom stereocenters. The Hall–Kier alpha value is -6.18. The van der Waals surface area contributed by atoms with Crippen molar-refractivity contribution in [3.05, 3.63) is 136 Å². The molecule has 4 fully saturated rings. The number of halogens is 2. The average molecular weight is 1060 g/mol. The average Bonchev–Trinajstić information content (AvgIpc) is 3.78. The van der Waals surface area contributed by atoms with Crippen molar-refractivity contribution >= 4 is 38.9 Å². The highest BCUT2D eigenvalue weighted by Gasteiger charge is 2.49. The predicted octanol–water partition coefficient (Wildman–Crippen LogP) is 9.77. The number of piperidine rings is 2. The van der Waals surface area contributed by atoms with Crippen LogP contribution >= 0.6 is 0 Å². The van der Waals surface area contributed by atoms with Crippen LogP contribution in [0, 0.1) is 22.4 Å². The van der Waals surface area contributed by atoms with Gasteiger partial charge in [-0.1, -0.05) is 50.2 Å². The molecule has 404 valence electrons. The fraction of sp³-hybridized carbons (Fsp3) is 0.466. The number of anilines is 3. The van der Waals surface area contributed by atoms with Crippen molar-refractivity contribution in [3.8, 4) is 17.4 Å². The molecule has 3 saturated heterocycles. The lowest BCUT2D eigenvalue weighted by molar-refractivity contribution is -0.0686. The summed E-state index contributed by atoms with van der Waals surface area (Å²) in [6.07, 6.45) is 8.58. The quantitative estimate of drug-likeness (QED) is 0.0797. The maximum Gasteiger partial charge on any atom is 0.268 e. The van der Waals surface area contributed by atoms with E-state index in [-0.39, 0.29) is 63.6 Å². The molecule has 76 heavy (non-hydrogen) atoms. The van der Waals surface area contributed by atoms with Gasteiger partial charge in [-0.25, -0.2) is 31.9 Å². The number of hydrogen-bond acceptors (Lipinski definition) is 14. The number of aromatic nitrogens is 2. The van der Waals surface area contributed by atoms with E-state index in [1.165, 1.54) is 49.6 Å². The summed E-state index contributed by atoms with van der Waals surface area (Å²) in [5.41, 5.74) is 4.66. The summed E-state index contributed by atoms with van der Waals surface area (Å²) < 4.78 is 70.9. The van der Waals surface area contributed by atoms with E-state index in [9.17, 15) is 32.3 Å². The van der Waals surface area contributed by atoms with Gasteiger partial charge in [0.2, 0.25) is 0 Å². The number of allylic oxidation sites excluding steroid dienone is 1. The number of benzene rings is 3. The minimum absolute atomic E-state index is 0.00288. The number of aliphatic hydroxyl groups is 1. The normalized spacial score (nSPS) is 22.7. The highest BCUT2D eigenvalue weighted by atomic mass is 32.2. The van der Waals surface area contributed by atoms with Gasteiger partial charge >= 0.3 is 0 Å². The minimum atomic E-state index is -4.60. The number of hydrogen-bond donors (Lipinski definition) is 3. The molecule has 1 amide bonds. The molecular formula is C58H69F2N8O7S-. The summed E-state index contributed by atoms with van der Waals surface area (Å²) in [6.45, 7) is 12.9. The fourth-order valence-electron chi connectivity index (χ4n) is 12.1. The standard InChI is InChI=1S/C58H69F2N8O7S/c1-37(2)43-8-6-7-9-44(43)47-34-66(33-39-10-12-40(59)13-11-39)25-20-50(47)68-35-58(36-68)23-26-67(27-24-58)41-14-15-45(52(28-41)75-53-30-46-48(60)16-17-49(46)63-56(53)74-5)55(69)64-76(72,73)42-29-51(65(4)71)54(62-32-42)61-31-38-18-21-57(3,70)22-19-38/h6-16,28-30,32,37-38,47,50,70H,17-27,31,33-36H2,1-5H3,(H,61,62)(H,64,69)/q-1. The fourth-order valence-corrected chi connectivity index (χ4v) is 13.1. The zero-order valence-electron chi connectivity index (χ0n) is 44.0. The lowest BCUT2D eigenvalue weighted by atomic mass is 9.69. The van der Waals surface area contributed by atoms with Crippen LogP contribution in [-0.2, 0) is 23.0 Å². The van der Waals surface area contributed by atoms with Crippen LogP contribution in [0.3, 0.4) is 0 Å². The number of nitrogens with one attached hydrogen (secondary N) is 2. The Balaban J connectivity index is 0.855. The van der Waals surface area contributed by atoms with Crippen LogP contribution in [0.2, 0.25) is 0 Å². The van der Waals surface area contributed by atoms with Gasteiger partial charge in [0.1, 0.15) is 28.1 Å². The number of sulfonamides is 1. The van der Waals surface area contributed by atoms with Gasteiger partial charge in [-0.2, -0.15) is 0 Å². The number of methoxy groups -OCH3 is 1. The molecular weight excluding hydrogens is 991 g/mol. The Morgan fingerprint density at radius 2 is 1.70 bits per heavy atom. The number of rotatable bonds is 16. The van der Waals surface area contributed by atoms with Gasteiger partial charge in [0.15, 0.2) is 5.75 Å². The van der Waals surface area contributed by atoms with Crippen LogP contribution in [0.1, 0.15) is 116 Å². The maximum absolute atomic E-state index is 15.0. The highest BCUT2D eigenvalue weighted by Crippen LogP contribution is 2.47. The van der Waals surface area contributed by atoms with Crippen molar-refractivity contribution in [2.24, 2.45) is 11.3 Å². The molecule has 5 heterocycles. The number of carbonyl (C=O) groups excluding carboxylic acids is 1. The molecule has 1 spiro atoms. The Bertz CT molecular complexity index is 3070. The summed E-state index contributed by atoms with van der Waals surface area (Å²) in [5.74, 6) is -0.456. The topological polar surface area (TPSA) is 176 Å². The van der Waals surface area contributed by atoms with Crippen LogP contribution in [0.5, 0.6) is 17.4 Å². The molecule has 0 radical (unpaired) electrons. The van der Waals surface area contributed by atoms with E-state index in [1.54, 1.807) is 24.3 Å². The first-order chi connectivity index (χ1) is 36.4. The highest BCUT2D eigenvalue weighted by molar-refractivity contribution is 7.90. The smallest absolute Gasteiger partial charge is 0.268 e. The van der Waals surface area contributed by atoms with E-state index in [1.807, 2.05) is 19.1 Å². The monoisotopic (exact) mass is 1060 g/mol. The third kappa shape index (κ3) is 11.4. The molecule has 10 rings (SSSR count). The molecule has 15 nitrogen and oxygen atoms in total. The second kappa shape index (κ2) is 21.7. The first kappa shape index (κ1) is 53.2. The molecule has 1 saturated carbocycles. The Morgan fingerprint density at radius 3 is 2.41 bits per heavy atom. The molecule has 18 heteroatoms. The Morgan fingerprint density at radius 1 is 0.961 bits per heavy atom. The van der Waals surface area contributed by atoms with E-state index in [0.29, 0.717) is 48.0 Å². The minimum Gasteiger partial charge on any atom is -0.758 e. The number of carbonyl (C=O) groups is 1. The van der Waals surface area contributed by atoms with Crippen molar-refractivity contribution < 1.29 is 36.6 Å². The van der Waals surface area contributed by atoms with E-state index in [2.05, 4.69) is 72.8 Å². The summed E-state index contributed by atoms with van der Waals surface area (Å²) in [6, 6.07) is 23.7. The zero-order chi connectivity index (χ0) is 53.5. The molecule has 5 aliphatic rings. The predicted molar refractivity (Wildman–Crippen MR) is 291 cm³/mol. The molecule has 3 aromatic carbocycles. The Labute approximate surface area is 444 Å². The van der Waals surface area contributed by atoms with Gasteiger partial charge in [-0.15, -0.1) is 0 Å². The van der Waals surface area contributed by atoms with Crippen molar-refractivity contribution in [1.29, 1.82) is 0 Å². The van der Waals surface area contributed by atoms with Gasteiger partial charge < -0.3 is 35.1 Å². The van der Waals surface area contributed by atoms with Crippen molar-refractivity contribution in [1.82, 2.24) is 24.5 Å². The van der Waals surface area contributed by atoms with Crippen molar-refractivity contribution in [2.75, 3.05) is 75.3 Å². The SMILES string of the molecule is COc1nc2c(cc1Oc1cc(N3CCC4(CC3)CN(C3CCN(Cc5ccc(F)cc5)CC3c3ccccc3C(C)C)C4)ccc1C(=O)NS(=O)(=O)c1cnc(NCC3CCC(C)(O)CC3)c(N(C)[O-])c1)C(F)=CC2. The third-order valence-electron chi connectivity index (χ3n) is 16.6. The Kier molecular flexibility index (Phi) is 15.2. The van der Waals surface area contributed by atoms with Crippen molar-refractivity contribution in [2.45, 2.75) is 107 Å². The van der Waals surface area contributed by atoms with Gasteiger partial charge in [0.25, 0.3) is 21.8 Å². The third-order valence-corrected chi connectivity index (χ3v) is 17.9. The number of hydroxylamine groups is 1. The largest absolute Gasteiger partial charge is 0.758 e. The molecule has 0 bridgehead atoms. The molecule has 2 aliphatic carbocycles. The molecule has 2 aromatic heterocycles. The van der Waals surface area contributed by atoms with Crippen LogP contribution in [0.15, 0.2) is 96.0 Å². The molecule has 2 atom stereocenters. The van der Waals surface area contributed by atoms with Gasteiger partial charge in [0.05, 0.1) is 29.7 Å². The number of likely N-dealkylation sites (tertiary alicyclic amines) is 2. The van der Waals surface area contributed by atoms with Crippen LogP contribution < -0.4 is 29.5 Å². The van der Waals surface area contributed by atoms with E-state index < -0.39 is 32.3 Å². The molecule has 3 aliphatic heterocycles. The van der Waals surface area contributed by atoms with E-state index in [4.69, 9.17) is 9.47 Å². The van der Waals surface area contributed by atoms with E-state index in [0.717, 1.165) is 95.4 Å². The number of pyridine rings is 2. The first-order valence-corrected chi connectivity index (χ1v) is 28.1. The van der Waals surface area contributed by atoms with Crippen molar-refractivity contribution in [3.63, 3.8) is 0 Å². The number of fused-ring (bicyclic) bond motifs is 1. The molecule has 5 aromatic rings. The first-order valence-electron chi connectivity index (χ1n) is 26.6. The number of nitrogens with zero attached hydrogens (tertiary/aromatic N) is 6. The van der Waals surface area contributed by atoms with Crippen LogP contribution in [-0.4, -0.2) is 111 Å². The number of ether oxygens (including phenoxy) is 2. The zero-order valence-corrected chi connectivity index (χ0v) is 44.8. The summed E-state index contributed by atoms with van der Waals surface area (Å²) >= 11 is 0. The van der Waals surface area contributed by atoms with Gasteiger partial charge in [0, 0.05) is 94.3 Å². The number of amides is 1. The lowest BCUT2D eigenvalue weighted by Gasteiger charge is -2.59. The summed E-state index contributed by atoms with van der Waals surface area (Å²) in [5, 5.41) is 26.9.